The molecule has 0 atom stereocenters. The number of benzene rings is 1. The van der Waals surface area contributed by atoms with E-state index in [4.69, 9.17) is 9.47 Å². The number of amides is 1. The molecule has 4 rings (SSSR count). The highest BCUT2D eigenvalue weighted by Gasteiger charge is 2.40. The van der Waals surface area contributed by atoms with Crippen molar-refractivity contribution in [2.45, 2.75) is 37.5 Å². The maximum absolute atomic E-state index is 12.7. The number of nitrogens with one attached hydrogen (secondary N) is 1. The van der Waals surface area contributed by atoms with Gasteiger partial charge in [-0.3, -0.25) is 4.79 Å². The average molecular weight is 343 g/mol. The number of carbonyl (C=O) groups is 1. The molecule has 2 aliphatic rings. The van der Waals surface area contributed by atoms with Crippen molar-refractivity contribution in [1.82, 2.24) is 5.32 Å². The van der Waals surface area contributed by atoms with E-state index in [0.29, 0.717) is 13.2 Å². The van der Waals surface area contributed by atoms with Crippen molar-refractivity contribution in [1.29, 1.82) is 0 Å². The van der Waals surface area contributed by atoms with E-state index in [0.717, 1.165) is 41.7 Å². The number of hydrogen-bond donors (Lipinski definition) is 1. The second kappa shape index (κ2) is 6.67. The van der Waals surface area contributed by atoms with E-state index in [2.05, 4.69) is 5.32 Å². The summed E-state index contributed by atoms with van der Waals surface area (Å²) >= 11 is 1.50. The Hall–Kier alpha value is -1.69. The number of hydrogen-bond acceptors (Lipinski definition) is 4. The van der Waals surface area contributed by atoms with E-state index >= 15 is 0 Å². The minimum Gasteiger partial charge on any atom is -0.349 e. The van der Waals surface area contributed by atoms with Crippen LogP contribution >= 0.6 is 11.3 Å². The Morgan fingerprint density at radius 3 is 2.50 bits per heavy atom. The summed E-state index contributed by atoms with van der Waals surface area (Å²) in [6.45, 7) is 1.37. The fourth-order valence-corrected chi connectivity index (χ4v) is 4.39. The van der Waals surface area contributed by atoms with Gasteiger partial charge in [-0.15, -0.1) is 11.3 Å². The fraction of sp³-hybridized carbons (Fsp3) is 0.421. The predicted molar refractivity (Wildman–Crippen MR) is 94.1 cm³/mol. The SMILES string of the molecule is O=C(NC1CCC2(CC1)OCCO2)c1sccc1-c1ccccc1. The summed E-state index contributed by atoms with van der Waals surface area (Å²) in [6.07, 6.45) is 3.51. The minimum atomic E-state index is -0.376. The van der Waals surface area contributed by atoms with Crippen molar-refractivity contribution in [3.8, 4) is 11.1 Å². The average Bonchev–Trinajstić information content (AvgIpc) is 3.28. The van der Waals surface area contributed by atoms with Crippen LogP contribution in [-0.2, 0) is 9.47 Å². The Morgan fingerprint density at radius 1 is 1.08 bits per heavy atom. The van der Waals surface area contributed by atoms with Crippen LogP contribution in [0.4, 0.5) is 0 Å². The topological polar surface area (TPSA) is 47.6 Å². The summed E-state index contributed by atoms with van der Waals surface area (Å²) in [5.41, 5.74) is 2.09. The van der Waals surface area contributed by atoms with Crippen LogP contribution in [-0.4, -0.2) is 30.9 Å². The van der Waals surface area contributed by atoms with Crippen LogP contribution < -0.4 is 5.32 Å². The van der Waals surface area contributed by atoms with Gasteiger partial charge in [0.1, 0.15) is 0 Å². The molecule has 2 fully saturated rings. The zero-order valence-corrected chi connectivity index (χ0v) is 14.3. The van der Waals surface area contributed by atoms with E-state index in [-0.39, 0.29) is 17.7 Å². The van der Waals surface area contributed by atoms with Gasteiger partial charge in [-0.25, -0.2) is 0 Å². The molecule has 2 heterocycles. The molecule has 0 unspecified atom stereocenters. The number of carbonyl (C=O) groups excluding carboxylic acids is 1. The molecule has 2 aromatic rings. The molecule has 1 amide bonds. The maximum atomic E-state index is 12.7. The minimum absolute atomic E-state index is 0.0260. The van der Waals surface area contributed by atoms with Crippen LogP contribution in [0.15, 0.2) is 41.8 Å². The van der Waals surface area contributed by atoms with E-state index < -0.39 is 0 Å². The van der Waals surface area contributed by atoms with Gasteiger partial charge in [0.25, 0.3) is 5.91 Å². The first-order valence-electron chi connectivity index (χ1n) is 8.47. The normalized spacial score (nSPS) is 20.3. The number of thiophene rings is 1. The zero-order valence-electron chi connectivity index (χ0n) is 13.5. The van der Waals surface area contributed by atoms with Crippen LogP contribution in [0, 0.1) is 0 Å². The molecular weight excluding hydrogens is 322 g/mol. The second-order valence-corrected chi connectivity index (χ2v) is 7.30. The van der Waals surface area contributed by atoms with E-state index in [1.54, 1.807) is 0 Å². The van der Waals surface area contributed by atoms with Crippen molar-refractivity contribution in [3.05, 3.63) is 46.7 Å². The lowest BCUT2D eigenvalue weighted by molar-refractivity contribution is -0.179. The van der Waals surface area contributed by atoms with E-state index in [1.165, 1.54) is 11.3 Å². The number of ether oxygens (including phenoxy) is 2. The molecule has 1 aliphatic heterocycles. The van der Waals surface area contributed by atoms with Crippen molar-refractivity contribution < 1.29 is 14.3 Å². The smallest absolute Gasteiger partial charge is 0.262 e. The van der Waals surface area contributed by atoms with Crippen molar-refractivity contribution >= 4 is 17.2 Å². The number of rotatable bonds is 3. The lowest BCUT2D eigenvalue weighted by Gasteiger charge is -2.35. The van der Waals surface area contributed by atoms with Gasteiger partial charge in [0.15, 0.2) is 5.79 Å². The first kappa shape index (κ1) is 15.8. The molecule has 0 radical (unpaired) electrons. The summed E-state index contributed by atoms with van der Waals surface area (Å²) < 4.78 is 11.5. The third-order valence-electron chi connectivity index (χ3n) is 4.85. The van der Waals surface area contributed by atoms with Crippen LogP contribution in [0.5, 0.6) is 0 Å². The monoisotopic (exact) mass is 343 g/mol. The summed E-state index contributed by atoms with van der Waals surface area (Å²) in [4.78, 5) is 13.5. The van der Waals surface area contributed by atoms with Crippen molar-refractivity contribution in [2.24, 2.45) is 0 Å². The molecule has 1 saturated heterocycles. The Labute approximate surface area is 145 Å². The lowest BCUT2D eigenvalue weighted by Crippen LogP contribution is -2.43. The maximum Gasteiger partial charge on any atom is 0.262 e. The van der Waals surface area contributed by atoms with Gasteiger partial charge >= 0.3 is 0 Å². The highest BCUT2D eigenvalue weighted by atomic mass is 32.1. The van der Waals surface area contributed by atoms with Crippen LogP contribution in [0.25, 0.3) is 11.1 Å². The van der Waals surface area contributed by atoms with Crippen LogP contribution in [0.2, 0.25) is 0 Å². The molecule has 1 aromatic heterocycles. The first-order valence-corrected chi connectivity index (χ1v) is 9.35. The van der Waals surface area contributed by atoms with Crippen molar-refractivity contribution in [2.75, 3.05) is 13.2 Å². The Kier molecular flexibility index (Phi) is 4.39. The van der Waals surface area contributed by atoms with Gasteiger partial charge in [-0.2, -0.15) is 0 Å². The quantitative estimate of drug-likeness (QED) is 0.921. The Morgan fingerprint density at radius 2 is 1.79 bits per heavy atom. The summed E-state index contributed by atoms with van der Waals surface area (Å²) in [6, 6.07) is 12.3. The summed E-state index contributed by atoms with van der Waals surface area (Å²) in [7, 11) is 0. The second-order valence-electron chi connectivity index (χ2n) is 6.38. The fourth-order valence-electron chi connectivity index (χ4n) is 3.57. The predicted octanol–water partition coefficient (Wildman–Crippen LogP) is 3.83. The largest absolute Gasteiger partial charge is 0.349 e. The van der Waals surface area contributed by atoms with Gasteiger partial charge in [0.05, 0.1) is 18.1 Å². The Bertz CT molecular complexity index is 696. The Balaban J connectivity index is 1.42. The molecule has 4 nitrogen and oxygen atoms in total. The third-order valence-corrected chi connectivity index (χ3v) is 5.77. The molecular formula is C19H21NO3S. The first-order chi connectivity index (χ1) is 11.8. The summed E-state index contributed by atoms with van der Waals surface area (Å²) in [5, 5.41) is 5.18. The van der Waals surface area contributed by atoms with Gasteiger partial charge < -0.3 is 14.8 Å². The van der Waals surface area contributed by atoms with E-state index in [9.17, 15) is 4.79 Å². The van der Waals surface area contributed by atoms with Crippen LogP contribution in [0.3, 0.4) is 0 Å². The van der Waals surface area contributed by atoms with Crippen molar-refractivity contribution in [3.63, 3.8) is 0 Å². The molecule has 1 aliphatic carbocycles. The van der Waals surface area contributed by atoms with Gasteiger partial charge in [0.2, 0.25) is 0 Å². The van der Waals surface area contributed by atoms with Crippen LogP contribution in [0.1, 0.15) is 35.4 Å². The summed E-state index contributed by atoms with van der Waals surface area (Å²) in [5.74, 6) is -0.350. The molecule has 1 saturated carbocycles. The molecule has 24 heavy (non-hydrogen) atoms. The lowest BCUT2D eigenvalue weighted by atomic mass is 9.90. The molecule has 126 valence electrons. The molecule has 1 N–H and O–H groups in total. The third kappa shape index (κ3) is 3.11. The zero-order chi connectivity index (χ0) is 16.4. The standard InChI is InChI=1S/C19H21NO3S/c21-18(17-16(8-13-24-17)14-4-2-1-3-5-14)20-15-6-9-19(10-7-15)22-11-12-23-19/h1-5,8,13,15H,6-7,9-12H2,(H,20,21). The molecule has 1 spiro atoms. The van der Waals surface area contributed by atoms with Gasteiger partial charge in [-0.05, 0) is 29.9 Å². The molecule has 1 aromatic carbocycles. The molecule has 5 heteroatoms. The highest BCUT2D eigenvalue weighted by Crippen LogP contribution is 2.36. The molecule has 0 bridgehead atoms. The van der Waals surface area contributed by atoms with E-state index in [1.807, 2.05) is 41.8 Å². The van der Waals surface area contributed by atoms with Gasteiger partial charge in [0, 0.05) is 24.4 Å². The highest BCUT2D eigenvalue weighted by molar-refractivity contribution is 7.12. The van der Waals surface area contributed by atoms with Gasteiger partial charge in [-0.1, -0.05) is 30.3 Å².